The van der Waals surface area contributed by atoms with Crippen molar-refractivity contribution in [3.63, 3.8) is 0 Å². The van der Waals surface area contributed by atoms with Gasteiger partial charge in [0.25, 0.3) is 0 Å². The van der Waals surface area contributed by atoms with Crippen molar-refractivity contribution in [3.8, 4) is 0 Å². The summed E-state index contributed by atoms with van der Waals surface area (Å²) in [6.07, 6.45) is 2.11. The molecule has 132 valence electrons. The topological polar surface area (TPSA) is 54.7 Å². The second-order valence-electron chi connectivity index (χ2n) is 6.11. The molecule has 0 radical (unpaired) electrons. The van der Waals surface area contributed by atoms with Crippen LogP contribution in [0, 0.1) is 19.8 Å². The highest BCUT2D eigenvalue weighted by Crippen LogP contribution is 2.14. The molecular formula is C16H30IN5O. The van der Waals surface area contributed by atoms with Crippen molar-refractivity contribution in [2.75, 3.05) is 40.4 Å². The highest BCUT2D eigenvalue weighted by molar-refractivity contribution is 14.0. The van der Waals surface area contributed by atoms with E-state index in [1.54, 1.807) is 0 Å². The number of aliphatic imine (C=N–C) groups is 1. The van der Waals surface area contributed by atoms with E-state index in [2.05, 4.69) is 41.2 Å². The summed E-state index contributed by atoms with van der Waals surface area (Å²) in [5.74, 6) is 1.57. The standard InChI is InChI=1S/C16H29N5O.HI/c1-12-15(13(2)21(5)19-12)6-8-18-16(17-3)20(4)10-14-7-9-22-11-14;/h14H,6-11H2,1-5H3,(H,17,18);1H. The van der Waals surface area contributed by atoms with Crippen LogP contribution in [0.1, 0.15) is 23.4 Å². The largest absolute Gasteiger partial charge is 0.381 e. The number of hydrogen-bond donors (Lipinski definition) is 1. The highest BCUT2D eigenvalue weighted by Gasteiger charge is 2.19. The van der Waals surface area contributed by atoms with E-state index >= 15 is 0 Å². The lowest BCUT2D eigenvalue weighted by atomic mass is 10.1. The fraction of sp³-hybridized carbons (Fsp3) is 0.750. The monoisotopic (exact) mass is 435 g/mol. The zero-order chi connectivity index (χ0) is 16.1. The molecule has 1 aromatic heterocycles. The predicted molar refractivity (Wildman–Crippen MR) is 105 cm³/mol. The molecule has 6 nitrogen and oxygen atoms in total. The number of nitrogens with one attached hydrogen (secondary N) is 1. The molecular weight excluding hydrogens is 405 g/mol. The van der Waals surface area contributed by atoms with Crippen LogP contribution in [0.5, 0.6) is 0 Å². The van der Waals surface area contributed by atoms with E-state index in [0.29, 0.717) is 5.92 Å². The first kappa shape index (κ1) is 20.2. The first-order valence-electron chi connectivity index (χ1n) is 8.01. The van der Waals surface area contributed by atoms with Crippen molar-refractivity contribution in [1.82, 2.24) is 20.0 Å². The normalized spacial score (nSPS) is 18.0. The summed E-state index contributed by atoms with van der Waals surface area (Å²) in [4.78, 5) is 6.58. The average Bonchev–Trinajstić information content (AvgIpc) is 3.06. The van der Waals surface area contributed by atoms with Crippen LogP contribution in [0.4, 0.5) is 0 Å². The molecule has 0 bridgehead atoms. The zero-order valence-electron chi connectivity index (χ0n) is 14.9. The maximum absolute atomic E-state index is 5.44. The Balaban J connectivity index is 0.00000264. The molecule has 2 rings (SSSR count). The van der Waals surface area contributed by atoms with Gasteiger partial charge >= 0.3 is 0 Å². The van der Waals surface area contributed by atoms with Crippen molar-refractivity contribution in [3.05, 3.63) is 17.0 Å². The molecule has 0 amide bonds. The van der Waals surface area contributed by atoms with Crippen LogP contribution in [0.3, 0.4) is 0 Å². The van der Waals surface area contributed by atoms with Crippen LogP contribution in [-0.4, -0.2) is 61.0 Å². The number of aromatic nitrogens is 2. The number of ether oxygens (including phenoxy) is 1. The van der Waals surface area contributed by atoms with Crippen molar-refractivity contribution in [2.45, 2.75) is 26.7 Å². The number of halogens is 1. The molecule has 1 N–H and O–H groups in total. The average molecular weight is 435 g/mol. The van der Waals surface area contributed by atoms with E-state index in [-0.39, 0.29) is 24.0 Å². The third-order valence-corrected chi connectivity index (χ3v) is 4.45. The van der Waals surface area contributed by atoms with Gasteiger partial charge in [0.05, 0.1) is 12.3 Å². The Bertz CT molecular complexity index is 523. The van der Waals surface area contributed by atoms with E-state index in [1.165, 1.54) is 11.3 Å². The lowest BCUT2D eigenvalue weighted by molar-refractivity contribution is 0.181. The Hall–Kier alpha value is -0.830. The molecule has 1 saturated heterocycles. The lowest BCUT2D eigenvalue weighted by Crippen LogP contribution is -2.42. The van der Waals surface area contributed by atoms with E-state index in [0.717, 1.165) is 50.8 Å². The fourth-order valence-electron chi connectivity index (χ4n) is 3.06. The summed E-state index contributed by atoms with van der Waals surface area (Å²) in [6, 6.07) is 0. The minimum absolute atomic E-state index is 0. The van der Waals surface area contributed by atoms with Gasteiger partial charge in [-0.3, -0.25) is 9.67 Å². The smallest absolute Gasteiger partial charge is 0.193 e. The Morgan fingerprint density at radius 3 is 2.74 bits per heavy atom. The van der Waals surface area contributed by atoms with E-state index in [1.807, 2.05) is 18.8 Å². The summed E-state index contributed by atoms with van der Waals surface area (Å²) in [6.45, 7) is 7.81. The Morgan fingerprint density at radius 2 is 2.22 bits per heavy atom. The van der Waals surface area contributed by atoms with Crippen molar-refractivity contribution < 1.29 is 4.74 Å². The van der Waals surface area contributed by atoms with Gasteiger partial charge in [-0.15, -0.1) is 24.0 Å². The number of hydrogen-bond acceptors (Lipinski definition) is 3. The summed E-state index contributed by atoms with van der Waals surface area (Å²) in [5.41, 5.74) is 3.69. The molecule has 0 saturated carbocycles. The number of rotatable bonds is 5. The van der Waals surface area contributed by atoms with Gasteiger partial charge < -0.3 is 15.0 Å². The van der Waals surface area contributed by atoms with Gasteiger partial charge in [0.1, 0.15) is 0 Å². The SMILES string of the molecule is CN=C(NCCc1c(C)nn(C)c1C)N(C)CC1CCOC1.I. The quantitative estimate of drug-likeness (QED) is 0.435. The second kappa shape index (κ2) is 9.46. The molecule has 1 aliphatic heterocycles. The number of aryl methyl sites for hydroxylation is 2. The third kappa shape index (κ3) is 5.34. The Morgan fingerprint density at radius 1 is 1.48 bits per heavy atom. The van der Waals surface area contributed by atoms with Crippen molar-refractivity contribution in [2.24, 2.45) is 18.0 Å². The molecule has 1 aliphatic rings. The highest BCUT2D eigenvalue weighted by atomic mass is 127. The molecule has 0 spiro atoms. The first-order chi connectivity index (χ1) is 10.5. The molecule has 0 aliphatic carbocycles. The molecule has 1 unspecified atom stereocenters. The minimum Gasteiger partial charge on any atom is -0.381 e. The van der Waals surface area contributed by atoms with Gasteiger partial charge in [-0.05, 0) is 32.3 Å². The lowest BCUT2D eigenvalue weighted by Gasteiger charge is -2.24. The summed E-state index contributed by atoms with van der Waals surface area (Å²) < 4.78 is 7.39. The molecule has 2 heterocycles. The molecule has 1 atom stereocenters. The van der Waals surface area contributed by atoms with Crippen LogP contribution < -0.4 is 5.32 Å². The Labute approximate surface area is 156 Å². The van der Waals surface area contributed by atoms with E-state index < -0.39 is 0 Å². The van der Waals surface area contributed by atoms with Crippen LogP contribution in [0.25, 0.3) is 0 Å². The molecule has 1 aromatic rings. The van der Waals surface area contributed by atoms with Gasteiger partial charge in [-0.2, -0.15) is 5.10 Å². The molecule has 1 fully saturated rings. The summed E-state index contributed by atoms with van der Waals surface area (Å²) in [7, 11) is 5.93. The van der Waals surface area contributed by atoms with Crippen molar-refractivity contribution in [1.29, 1.82) is 0 Å². The fourth-order valence-corrected chi connectivity index (χ4v) is 3.06. The third-order valence-electron chi connectivity index (χ3n) is 4.45. The van der Waals surface area contributed by atoms with E-state index in [4.69, 9.17) is 4.74 Å². The van der Waals surface area contributed by atoms with E-state index in [9.17, 15) is 0 Å². The van der Waals surface area contributed by atoms with Crippen LogP contribution in [0.15, 0.2) is 4.99 Å². The van der Waals surface area contributed by atoms with Gasteiger partial charge in [-0.25, -0.2) is 0 Å². The van der Waals surface area contributed by atoms with Crippen LogP contribution >= 0.6 is 24.0 Å². The Kier molecular flexibility index (Phi) is 8.32. The molecule has 7 heteroatoms. The first-order valence-corrected chi connectivity index (χ1v) is 8.01. The molecule has 23 heavy (non-hydrogen) atoms. The van der Waals surface area contributed by atoms with Gasteiger partial charge in [0.2, 0.25) is 0 Å². The maximum Gasteiger partial charge on any atom is 0.193 e. The minimum atomic E-state index is 0. The van der Waals surface area contributed by atoms with Gasteiger partial charge in [0.15, 0.2) is 5.96 Å². The summed E-state index contributed by atoms with van der Waals surface area (Å²) >= 11 is 0. The number of guanidine groups is 1. The van der Waals surface area contributed by atoms with Crippen LogP contribution in [0.2, 0.25) is 0 Å². The number of nitrogens with zero attached hydrogens (tertiary/aromatic N) is 4. The molecule has 0 aromatic carbocycles. The van der Waals surface area contributed by atoms with Gasteiger partial charge in [-0.1, -0.05) is 0 Å². The maximum atomic E-state index is 5.44. The van der Waals surface area contributed by atoms with Gasteiger partial charge in [0, 0.05) is 52.5 Å². The summed E-state index contributed by atoms with van der Waals surface area (Å²) in [5, 5.41) is 7.92. The van der Waals surface area contributed by atoms with Crippen LogP contribution in [-0.2, 0) is 18.2 Å². The second-order valence-corrected chi connectivity index (χ2v) is 6.11. The predicted octanol–water partition coefficient (Wildman–Crippen LogP) is 1.74. The van der Waals surface area contributed by atoms with Crippen molar-refractivity contribution >= 4 is 29.9 Å². The zero-order valence-corrected chi connectivity index (χ0v) is 17.3.